The van der Waals surface area contributed by atoms with Crippen molar-refractivity contribution in [2.24, 2.45) is 17.6 Å². The molecule has 2 unspecified atom stereocenters. The van der Waals surface area contributed by atoms with Crippen molar-refractivity contribution in [1.29, 1.82) is 0 Å². The van der Waals surface area contributed by atoms with Crippen LogP contribution in [-0.4, -0.2) is 17.5 Å². The summed E-state index contributed by atoms with van der Waals surface area (Å²) in [6.07, 6.45) is 6.37. The van der Waals surface area contributed by atoms with Crippen molar-refractivity contribution < 1.29 is 9.53 Å². The first-order valence-corrected chi connectivity index (χ1v) is 10.4. The van der Waals surface area contributed by atoms with E-state index in [4.69, 9.17) is 10.5 Å². The number of H-pyrrole nitrogens is 1. The summed E-state index contributed by atoms with van der Waals surface area (Å²) in [6.45, 7) is 0.774. The molecule has 0 spiro atoms. The Hall–Kier alpha value is -3.01. The molecule has 0 bridgehead atoms. The average molecular weight is 389 g/mol. The van der Waals surface area contributed by atoms with Gasteiger partial charge in [-0.3, -0.25) is 4.79 Å². The number of amides is 1. The number of ether oxygens (including phenoxy) is 1. The minimum Gasteiger partial charge on any atom is -0.493 e. The number of nitrogens with one attached hydrogen (secondary N) is 1. The topological polar surface area (TPSA) is 68.1 Å². The van der Waals surface area contributed by atoms with Gasteiger partial charge in [-0.1, -0.05) is 42.5 Å². The summed E-state index contributed by atoms with van der Waals surface area (Å²) in [4.78, 5) is 15.1. The third-order valence-electron chi connectivity index (χ3n) is 5.81. The lowest BCUT2D eigenvalue weighted by molar-refractivity contribution is -0.121. The fourth-order valence-electron chi connectivity index (χ4n) is 4.16. The van der Waals surface area contributed by atoms with Gasteiger partial charge in [0.2, 0.25) is 5.91 Å². The number of aryl methyl sites for hydroxylation is 1. The second-order valence-corrected chi connectivity index (χ2v) is 8.05. The van der Waals surface area contributed by atoms with E-state index in [-0.39, 0.29) is 11.8 Å². The van der Waals surface area contributed by atoms with E-state index in [0.29, 0.717) is 18.8 Å². The number of nitrogens with two attached hydrogens (primary N) is 1. The summed E-state index contributed by atoms with van der Waals surface area (Å²) in [7, 11) is 0. The van der Waals surface area contributed by atoms with Crippen LogP contribution in [0.5, 0.6) is 5.75 Å². The van der Waals surface area contributed by atoms with Crippen LogP contribution in [0.3, 0.4) is 0 Å². The summed E-state index contributed by atoms with van der Waals surface area (Å²) in [6, 6.07) is 20.9. The Kier molecular flexibility index (Phi) is 5.99. The maximum atomic E-state index is 12.0. The lowest BCUT2D eigenvalue weighted by atomic mass is 9.88. The molecule has 3 N–H and O–H groups in total. The Morgan fingerprint density at radius 3 is 2.69 bits per heavy atom. The molecular weight excluding hydrogens is 360 g/mol. The van der Waals surface area contributed by atoms with Gasteiger partial charge in [-0.15, -0.1) is 0 Å². The summed E-state index contributed by atoms with van der Waals surface area (Å²) in [5, 5.41) is 0. The van der Waals surface area contributed by atoms with Gasteiger partial charge in [-0.2, -0.15) is 0 Å². The third kappa shape index (κ3) is 5.08. The molecule has 2 atom stereocenters. The first-order chi connectivity index (χ1) is 14.2. The number of aromatic amines is 1. The van der Waals surface area contributed by atoms with Gasteiger partial charge in [-0.25, -0.2) is 0 Å². The van der Waals surface area contributed by atoms with Crippen molar-refractivity contribution in [3.8, 4) is 5.75 Å². The smallest absolute Gasteiger partial charge is 0.221 e. The van der Waals surface area contributed by atoms with Gasteiger partial charge in [0.25, 0.3) is 0 Å². The van der Waals surface area contributed by atoms with E-state index >= 15 is 0 Å². The van der Waals surface area contributed by atoms with E-state index in [1.165, 1.54) is 11.1 Å². The van der Waals surface area contributed by atoms with E-state index in [1.807, 2.05) is 24.4 Å². The van der Waals surface area contributed by atoms with E-state index in [1.54, 1.807) is 0 Å². The van der Waals surface area contributed by atoms with Crippen LogP contribution >= 0.6 is 0 Å². The molecule has 0 aliphatic carbocycles. The van der Waals surface area contributed by atoms with Crippen LogP contribution in [0.1, 0.15) is 28.8 Å². The van der Waals surface area contributed by atoms with Crippen LogP contribution in [0.2, 0.25) is 0 Å². The average Bonchev–Trinajstić information content (AvgIpc) is 3.25. The van der Waals surface area contributed by atoms with Crippen molar-refractivity contribution in [3.05, 3.63) is 89.2 Å². The Bertz CT molecular complexity index is 935. The maximum absolute atomic E-state index is 12.0. The minimum absolute atomic E-state index is 0.218. The molecular formula is C25H28N2O2. The number of rotatable bonds is 8. The summed E-state index contributed by atoms with van der Waals surface area (Å²) in [5.41, 5.74) is 10.5. The van der Waals surface area contributed by atoms with Gasteiger partial charge >= 0.3 is 0 Å². The largest absolute Gasteiger partial charge is 0.493 e. The first-order valence-electron chi connectivity index (χ1n) is 10.4. The maximum Gasteiger partial charge on any atom is 0.221 e. The number of aromatic nitrogens is 1. The molecule has 0 fully saturated rings. The number of benzene rings is 2. The van der Waals surface area contributed by atoms with E-state index in [2.05, 4.69) is 47.4 Å². The van der Waals surface area contributed by atoms with Gasteiger partial charge in [0, 0.05) is 17.8 Å². The quantitative estimate of drug-likeness (QED) is 0.610. The van der Waals surface area contributed by atoms with Crippen molar-refractivity contribution in [3.63, 3.8) is 0 Å². The van der Waals surface area contributed by atoms with Crippen LogP contribution in [0.4, 0.5) is 0 Å². The van der Waals surface area contributed by atoms with Crippen molar-refractivity contribution >= 4 is 5.91 Å². The Morgan fingerprint density at radius 1 is 1.07 bits per heavy atom. The molecule has 4 rings (SSSR count). The molecule has 0 saturated carbocycles. The molecule has 150 valence electrons. The summed E-state index contributed by atoms with van der Waals surface area (Å²) >= 11 is 0. The molecule has 2 heterocycles. The van der Waals surface area contributed by atoms with Crippen LogP contribution in [0.15, 0.2) is 66.9 Å². The highest BCUT2D eigenvalue weighted by atomic mass is 16.5. The Balaban J connectivity index is 1.40. The van der Waals surface area contributed by atoms with E-state index < -0.39 is 0 Å². The van der Waals surface area contributed by atoms with Gasteiger partial charge in [0.1, 0.15) is 5.75 Å². The lowest BCUT2D eigenvalue weighted by Crippen LogP contribution is -2.27. The number of primary amides is 1. The number of hydrogen-bond acceptors (Lipinski definition) is 2. The van der Waals surface area contributed by atoms with Gasteiger partial charge in [0.05, 0.1) is 6.61 Å². The molecule has 1 amide bonds. The molecule has 0 radical (unpaired) electrons. The molecule has 3 aromatic rings. The van der Waals surface area contributed by atoms with E-state index in [0.717, 1.165) is 42.9 Å². The van der Waals surface area contributed by atoms with Gasteiger partial charge < -0.3 is 15.5 Å². The lowest BCUT2D eigenvalue weighted by Gasteiger charge is -2.26. The monoisotopic (exact) mass is 388 g/mol. The Labute approximate surface area is 172 Å². The molecule has 4 heteroatoms. The molecule has 2 aromatic carbocycles. The molecule has 0 saturated heterocycles. The zero-order valence-corrected chi connectivity index (χ0v) is 16.6. The zero-order chi connectivity index (χ0) is 20.1. The number of fused-ring (bicyclic) bond motifs is 1. The SMILES string of the molecule is NC(=O)C(Cc1ccc2c(c1)CC(CCc1ccccc1)CO2)Cc1ccc[nH]1. The fraction of sp³-hybridized carbons (Fsp3) is 0.320. The van der Waals surface area contributed by atoms with Crippen molar-refractivity contribution in [2.45, 2.75) is 32.1 Å². The van der Waals surface area contributed by atoms with Gasteiger partial charge in [0.15, 0.2) is 0 Å². The third-order valence-corrected chi connectivity index (χ3v) is 5.81. The molecule has 29 heavy (non-hydrogen) atoms. The zero-order valence-electron chi connectivity index (χ0n) is 16.6. The Morgan fingerprint density at radius 2 is 1.93 bits per heavy atom. The van der Waals surface area contributed by atoms with Gasteiger partial charge in [-0.05, 0) is 72.9 Å². The summed E-state index contributed by atoms with van der Waals surface area (Å²) in [5.74, 6) is 1.02. The number of carbonyl (C=O) groups excluding carboxylic acids is 1. The predicted molar refractivity (Wildman–Crippen MR) is 115 cm³/mol. The predicted octanol–water partition coefficient (Wildman–Crippen LogP) is 4.09. The second kappa shape index (κ2) is 8.99. The molecule has 4 nitrogen and oxygen atoms in total. The van der Waals surface area contributed by atoms with Crippen LogP contribution in [-0.2, 0) is 30.5 Å². The molecule has 1 aromatic heterocycles. The number of hydrogen-bond donors (Lipinski definition) is 2. The highest BCUT2D eigenvalue weighted by Gasteiger charge is 2.22. The molecule has 1 aliphatic rings. The first kappa shape index (κ1) is 19.3. The van der Waals surface area contributed by atoms with Crippen molar-refractivity contribution in [2.75, 3.05) is 6.61 Å². The second-order valence-electron chi connectivity index (χ2n) is 8.05. The standard InChI is InChI=1S/C25H28N2O2/c26-25(28)22(16-23-7-4-12-27-23)14-19-10-11-24-21(13-19)15-20(17-29-24)9-8-18-5-2-1-3-6-18/h1-7,10-13,20,22,27H,8-9,14-17H2,(H2,26,28). The van der Waals surface area contributed by atoms with Crippen LogP contribution < -0.4 is 10.5 Å². The number of carbonyl (C=O) groups is 1. The summed E-state index contributed by atoms with van der Waals surface area (Å²) < 4.78 is 6.02. The highest BCUT2D eigenvalue weighted by Crippen LogP contribution is 2.31. The van der Waals surface area contributed by atoms with E-state index in [9.17, 15) is 4.79 Å². The van der Waals surface area contributed by atoms with Crippen LogP contribution in [0, 0.1) is 11.8 Å². The van der Waals surface area contributed by atoms with Crippen LogP contribution in [0.25, 0.3) is 0 Å². The van der Waals surface area contributed by atoms with Crippen molar-refractivity contribution in [1.82, 2.24) is 4.98 Å². The highest BCUT2D eigenvalue weighted by molar-refractivity contribution is 5.77. The molecule has 1 aliphatic heterocycles. The minimum atomic E-state index is -0.255. The normalized spacial score (nSPS) is 16.6. The fourth-order valence-corrected chi connectivity index (χ4v) is 4.16.